The summed E-state index contributed by atoms with van der Waals surface area (Å²) in [5.74, 6) is 0. The zero-order valence-corrected chi connectivity index (χ0v) is 17.7. The summed E-state index contributed by atoms with van der Waals surface area (Å²) in [6, 6.07) is 11.2. The largest absolute Gasteiger partial charge is 0.368 e. The van der Waals surface area contributed by atoms with E-state index in [1.54, 1.807) is 0 Å². The fourth-order valence-electron chi connectivity index (χ4n) is 6.13. The Hall–Kier alpha value is -1.65. The highest BCUT2D eigenvalue weighted by molar-refractivity contribution is 5.94. The van der Waals surface area contributed by atoms with Crippen LogP contribution in [0.25, 0.3) is 10.9 Å². The highest BCUT2D eigenvalue weighted by atomic mass is 15.3. The van der Waals surface area contributed by atoms with E-state index >= 15 is 0 Å². The van der Waals surface area contributed by atoms with Crippen LogP contribution >= 0.6 is 0 Å². The molecule has 2 bridgehead atoms. The summed E-state index contributed by atoms with van der Waals surface area (Å²) in [6.45, 7) is 9.13. The molecule has 4 heteroatoms. The zero-order valence-electron chi connectivity index (χ0n) is 17.7. The number of rotatable bonds is 3. The minimum atomic E-state index is 0.803. The molecule has 3 aliphatic rings. The van der Waals surface area contributed by atoms with Gasteiger partial charge in [0.1, 0.15) is 0 Å². The lowest BCUT2D eigenvalue weighted by Gasteiger charge is -2.45. The number of para-hydroxylation sites is 1. The lowest BCUT2D eigenvalue weighted by atomic mass is 9.95. The van der Waals surface area contributed by atoms with Gasteiger partial charge >= 0.3 is 0 Å². The quantitative estimate of drug-likeness (QED) is 0.809. The zero-order chi connectivity index (χ0) is 19.3. The SMILES string of the molecule is CCc1c(C)nc2ccccc2c1N1CCN(C2CC3CCC(C2)N3C)CC1. The Bertz CT molecular complexity index is 841. The molecule has 2 unspecified atom stereocenters. The van der Waals surface area contributed by atoms with E-state index in [1.165, 1.54) is 61.1 Å². The van der Waals surface area contributed by atoms with E-state index in [1.807, 2.05) is 0 Å². The smallest absolute Gasteiger partial charge is 0.0726 e. The van der Waals surface area contributed by atoms with Crippen molar-refractivity contribution in [1.29, 1.82) is 0 Å². The van der Waals surface area contributed by atoms with E-state index in [-0.39, 0.29) is 0 Å². The molecule has 0 saturated carbocycles. The van der Waals surface area contributed by atoms with Gasteiger partial charge in [-0.15, -0.1) is 0 Å². The molecular formula is C24H34N4. The van der Waals surface area contributed by atoms with Crippen LogP contribution in [0, 0.1) is 6.92 Å². The molecule has 3 aliphatic heterocycles. The van der Waals surface area contributed by atoms with E-state index < -0.39 is 0 Å². The Morgan fingerprint density at radius 2 is 1.64 bits per heavy atom. The fourth-order valence-corrected chi connectivity index (χ4v) is 6.13. The van der Waals surface area contributed by atoms with Gasteiger partial charge in [-0.3, -0.25) is 9.88 Å². The predicted octanol–water partition coefficient (Wildman–Crippen LogP) is 3.85. The van der Waals surface area contributed by atoms with Crippen LogP contribution in [-0.4, -0.2) is 66.1 Å². The second kappa shape index (κ2) is 7.31. The van der Waals surface area contributed by atoms with Gasteiger partial charge in [0.15, 0.2) is 0 Å². The van der Waals surface area contributed by atoms with Crippen LogP contribution < -0.4 is 4.90 Å². The fraction of sp³-hybridized carbons (Fsp3) is 0.625. The van der Waals surface area contributed by atoms with Crippen LogP contribution in [-0.2, 0) is 6.42 Å². The Kier molecular flexibility index (Phi) is 4.80. The monoisotopic (exact) mass is 378 g/mol. The van der Waals surface area contributed by atoms with E-state index in [9.17, 15) is 0 Å². The lowest BCUT2D eigenvalue weighted by molar-refractivity contribution is 0.0719. The number of pyridine rings is 1. The van der Waals surface area contributed by atoms with E-state index in [2.05, 4.69) is 59.9 Å². The van der Waals surface area contributed by atoms with Crippen molar-refractivity contribution in [1.82, 2.24) is 14.8 Å². The van der Waals surface area contributed by atoms with Crippen LogP contribution in [0.3, 0.4) is 0 Å². The van der Waals surface area contributed by atoms with Crippen molar-refractivity contribution in [2.75, 3.05) is 38.1 Å². The second-order valence-corrected chi connectivity index (χ2v) is 9.09. The first-order valence-corrected chi connectivity index (χ1v) is 11.2. The van der Waals surface area contributed by atoms with Gasteiger partial charge in [-0.25, -0.2) is 0 Å². The van der Waals surface area contributed by atoms with E-state index in [4.69, 9.17) is 4.98 Å². The number of nitrogens with zero attached hydrogens (tertiary/aromatic N) is 4. The second-order valence-electron chi connectivity index (χ2n) is 9.09. The van der Waals surface area contributed by atoms with Gasteiger partial charge in [-0.1, -0.05) is 25.1 Å². The molecule has 150 valence electrons. The number of piperidine rings is 1. The number of hydrogen-bond acceptors (Lipinski definition) is 4. The van der Waals surface area contributed by atoms with Crippen LogP contribution in [0.15, 0.2) is 24.3 Å². The van der Waals surface area contributed by atoms with Crippen molar-refractivity contribution in [2.45, 2.75) is 64.1 Å². The summed E-state index contributed by atoms with van der Waals surface area (Å²) in [6.07, 6.45) is 6.64. The van der Waals surface area contributed by atoms with Crippen LogP contribution in [0.4, 0.5) is 5.69 Å². The third-order valence-corrected chi connectivity index (χ3v) is 7.74. The van der Waals surface area contributed by atoms with Crippen molar-refractivity contribution in [2.24, 2.45) is 0 Å². The van der Waals surface area contributed by atoms with Gasteiger partial charge in [0.05, 0.1) is 11.2 Å². The summed E-state index contributed by atoms with van der Waals surface area (Å²) in [5.41, 5.74) is 5.23. The van der Waals surface area contributed by atoms with Crippen molar-refractivity contribution >= 4 is 16.6 Å². The number of fused-ring (bicyclic) bond motifs is 3. The molecule has 5 rings (SSSR count). The van der Waals surface area contributed by atoms with Crippen LogP contribution in [0.1, 0.15) is 43.9 Å². The highest BCUT2D eigenvalue weighted by Gasteiger charge is 2.40. The standard InChI is InChI=1S/C24H34N4/c1-4-21-17(2)25-23-8-6-5-7-22(23)24(21)28-13-11-27(12-14-28)20-15-18-9-10-19(16-20)26(18)3/h5-8,18-20H,4,9-16H2,1-3H3. The van der Waals surface area contributed by atoms with Crippen molar-refractivity contribution in [3.8, 4) is 0 Å². The average molecular weight is 379 g/mol. The first kappa shape index (κ1) is 18.4. The molecule has 1 aromatic heterocycles. The summed E-state index contributed by atoms with van der Waals surface area (Å²) in [7, 11) is 2.35. The number of aryl methyl sites for hydroxylation is 1. The van der Waals surface area contributed by atoms with E-state index in [0.29, 0.717) is 0 Å². The maximum Gasteiger partial charge on any atom is 0.0726 e. The van der Waals surface area contributed by atoms with Gasteiger partial charge in [-0.05, 0) is 57.7 Å². The molecule has 0 radical (unpaired) electrons. The number of piperazine rings is 1. The maximum atomic E-state index is 4.88. The molecule has 4 heterocycles. The molecule has 1 aromatic carbocycles. The molecule has 0 N–H and O–H groups in total. The maximum absolute atomic E-state index is 4.88. The van der Waals surface area contributed by atoms with Gasteiger partial charge < -0.3 is 9.80 Å². The van der Waals surface area contributed by atoms with Gasteiger partial charge in [0.2, 0.25) is 0 Å². The third-order valence-electron chi connectivity index (χ3n) is 7.74. The van der Waals surface area contributed by atoms with Crippen LogP contribution in [0.2, 0.25) is 0 Å². The molecule has 0 spiro atoms. The van der Waals surface area contributed by atoms with Crippen molar-refractivity contribution in [3.05, 3.63) is 35.5 Å². The number of hydrogen-bond donors (Lipinski definition) is 0. The molecule has 2 atom stereocenters. The molecule has 2 aromatic rings. The molecule has 3 fully saturated rings. The van der Waals surface area contributed by atoms with Gasteiger partial charge in [0, 0.05) is 55.4 Å². The lowest BCUT2D eigenvalue weighted by Crippen LogP contribution is -2.55. The Labute approximate surface area is 169 Å². The van der Waals surface area contributed by atoms with Crippen molar-refractivity contribution in [3.63, 3.8) is 0 Å². The Morgan fingerprint density at radius 3 is 2.32 bits per heavy atom. The molecular weight excluding hydrogens is 344 g/mol. The molecule has 0 amide bonds. The summed E-state index contributed by atoms with van der Waals surface area (Å²) < 4.78 is 0. The molecule has 28 heavy (non-hydrogen) atoms. The summed E-state index contributed by atoms with van der Waals surface area (Å²) >= 11 is 0. The van der Waals surface area contributed by atoms with Crippen molar-refractivity contribution < 1.29 is 0 Å². The van der Waals surface area contributed by atoms with Gasteiger partial charge in [-0.2, -0.15) is 0 Å². The number of aromatic nitrogens is 1. The Morgan fingerprint density at radius 1 is 0.964 bits per heavy atom. The first-order chi connectivity index (χ1) is 13.7. The first-order valence-electron chi connectivity index (χ1n) is 11.2. The van der Waals surface area contributed by atoms with Gasteiger partial charge in [0.25, 0.3) is 0 Å². The topological polar surface area (TPSA) is 22.6 Å². The predicted molar refractivity (Wildman–Crippen MR) is 117 cm³/mol. The minimum Gasteiger partial charge on any atom is -0.368 e. The van der Waals surface area contributed by atoms with Crippen LogP contribution in [0.5, 0.6) is 0 Å². The Balaban J connectivity index is 1.36. The molecule has 0 aliphatic carbocycles. The average Bonchev–Trinajstić information content (AvgIpc) is 2.93. The summed E-state index contributed by atoms with van der Waals surface area (Å²) in [5, 5.41) is 1.33. The third kappa shape index (κ3) is 3.02. The highest BCUT2D eigenvalue weighted by Crippen LogP contribution is 2.37. The molecule has 3 saturated heterocycles. The summed E-state index contributed by atoms with van der Waals surface area (Å²) in [4.78, 5) is 13.0. The minimum absolute atomic E-state index is 0.803. The number of benzene rings is 1. The normalized spacial score (nSPS) is 29.0. The number of anilines is 1. The molecule has 4 nitrogen and oxygen atoms in total. The van der Waals surface area contributed by atoms with E-state index in [0.717, 1.165) is 43.2 Å².